The standard InChI is InChI=1S/C26H28N6O3/c1-17-14-30(2)10-11-32(17)26(33)35-23-12-19-21(13-22(23)34-4)27-16-28-25(19)20-15-31(3)29-24(20)18-8-6-5-7-9-18/h5-9,12-13,15-17H,10-11,14H2,1-4H3/t17-/m0/s1/i2D3. The Kier molecular flexibility index (Phi) is 5.16. The molecule has 0 unspecified atom stereocenters. The lowest BCUT2D eigenvalue weighted by atomic mass is 10.0. The zero-order valence-electron chi connectivity index (χ0n) is 22.8. The minimum Gasteiger partial charge on any atom is -0.493 e. The zero-order chi connectivity index (χ0) is 27.0. The maximum absolute atomic E-state index is 13.2. The van der Waals surface area contributed by atoms with Crippen LogP contribution in [-0.2, 0) is 7.05 Å². The highest BCUT2D eigenvalue weighted by atomic mass is 16.6. The number of rotatable bonds is 4. The first-order valence-electron chi connectivity index (χ1n) is 12.8. The number of hydrogen-bond donors (Lipinski definition) is 0. The smallest absolute Gasteiger partial charge is 0.415 e. The summed E-state index contributed by atoms with van der Waals surface area (Å²) in [5.74, 6) is 0.565. The Balaban J connectivity index is 1.51. The summed E-state index contributed by atoms with van der Waals surface area (Å²) in [6.45, 7) is 0.288. The topological polar surface area (TPSA) is 85.6 Å². The normalized spacial score (nSPS) is 18.1. The Morgan fingerprint density at radius 2 is 1.94 bits per heavy atom. The summed E-state index contributed by atoms with van der Waals surface area (Å²) in [7, 11) is 3.34. The first-order chi connectivity index (χ1) is 18.2. The number of methoxy groups -OCH3 is 1. The van der Waals surface area contributed by atoms with Crippen molar-refractivity contribution in [2.75, 3.05) is 33.7 Å². The predicted octanol–water partition coefficient (Wildman–Crippen LogP) is 3.84. The summed E-state index contributed by atoms with van der Waals surface area (Å²) in [4.78, 5) is 25.1. The highest BCUT2D eigenvalue weighted by molar-refractivity contribution is 5.97. The second-order valence-corrected chi connectivity index (χ2v) is 8.53. The minimum absolute atomic E-state index is 0.219. The van der Waals surface area contributed by atoms with Crippen LogP contribution in [0.4, 0.5) is 4.79 Å². The van der Waals surface area contributed by atoms with Crippen LogP contribution in [0.1, 0.15) is 11.0 Å². The van der Waals surface area contributed by atoms with Crippen molar-refractivity contribution in [3.8, 4) is 34.0 Å². The number of benzene rings is 2. The molecule has 1 saturated heterocycles. The molecule has 5 rings (SSSR count). The molecule has 9 heteroatoms. The van der Waals surface area contributed by atoms with E-state index in [1.54, 1.807) is 23.7 Å². The van der Waals surface area contributed by atoms with E-state index in [1.165, 1.54) is 23.2 Å². The van der Waals surface area contributed by atoms with Gasteiger partial charge >= 0.3 is 6.09 Å². The van der Waals surface area contributed by atoms with Crippen molar-refractivity contribution < 1.29 is 18.4 Å². The summed E-state index contributed by atoms with van der Waals surface area (Å²) in [6.07, 6.45) is 2.80. The van der Waals surface area contributed by atoms with E-state index in [-0.39, 0.29) is 31.4 Å². The molecule has 1 aliphatic heterocycles. The van der Waals surface area contributed by atoms with Gasteiger partial charge in [0.2, 0.25) is 0 Å². The van der Waals surface area contributed by atoms with Crippen molar-refractivity contribution in [3.05, 3.63) is 55.0 Å². The van der Waals surface area contributed by atoms with Crippen LogP contribution in [0.2, 0.25) is 0 Å². The van der Waals surface area contributed by atoms with Crippen LogP contribution in [-0.4, -0.2) is 75.4 Å². The fourth-order valence-electron chi connectivity index (χ4n) is 4.37. The van der Waals surface area contributed by atoms with Gasteiger partial charge in [-0.15, -0.1) is 0 Å². The molecule has 4 aromatic rings. The van der Waals surface area contributed by atoms with Crippen molar-refractivity contribution in [1.29, 1.82) is 0 Å². The Labute approximate surface area is 208 Å². The van der Waals surface area contributed by atoms with Gasteiger partial charge in [-0.05, 0) is 20.0 Å². The molecule has 0 saturated carbocycles. The lowest BCUT2D eigenvalue weighted by Gasteiger charge is -2.37. The number of piperazine rings is 1. The Morgan fingerprint density at radius 3 is 2.69 bits per heavy atom. The van der Waals surface area contributed by atoms with Gasteiger partial charge in [0.05, 0.1) is 18.3 Å². The lowest BCUT2D eigenvalue weighted by molar-refractivity contribution is 0.0886. The van der Waals surface area contributed by atoms with E-state index in [1.807, 2.05) is 43.6 Å². The van der Waals surface area contributed by atoms with Crippen LogP contribution in [0.3, 0.4) is 0 Å². The molecule has 0 radical (unpaired) electrons. The molecule has 1 amide bonds. The van der Waals surface area contributed by atoms with Crippen molar-refractivity contribution in [2.45, 2.75) is 13.0 Å². The average molecular weight is 476 g/mol. The van der Waals surface area contributed by atoms with E-state index in [2.05, 4.69) is 15.1 Å². The number of aromatic nitrogens is 4. The summed E-state index contributed by atoms with van der Waals surface area (Å²) < 4.78 is 36.0. The van der Waals surface area contributed by atoms with Crippen LogP contribution >= 0.6 is 0 Å². The predicted molar refractivity (Wildman–Crippen MR) is 133 cm³/mol. The van der Waals surface area contributed by atoms with Gasteiger partial charge in [0.1, 0.15) is 12.0 Å². The van der Waals surface area contributed by atoms with Gasteiger partial charge in [-0.25, -0.2) is 14.8 Å². The van der Waals surface area contributed by atoms with Crippen LogP contribution in [0.15, 0.2) is 55.0 Å². The van der Waals surface area contributed by atoms with E-state index < -0.39 is 13.1 Å². The van der Waals surface area contributed by atoms with Crippen molar-refractivity contribution in [1.82, 2.24) is 29.5 Å². The summed E-state index contributed by atoms with van der Waals surface area (Å²) in [5.41, 5.74) is 3.78. The van der Waals surface area contributed by atoms with Crippen molar-refractivity contribution in [2.24, 2.45) is 7.05 Å². The molecule has 180 valence electrons. The van der Waals surface area contributed by atoms with E-state index in [4.69, 9.17) is 13.6 Å². The summed E-state index contributed by atoms with van der Waals surface area (Å²) in [6, 6.07) is 12.9. The van der Waals surface area contributed by atoms with E-state index in [9.17, 15) is 4.79 Å². The lowest BCUT2D eigenvalue weighted by Crippen LogP contribution is -2.53. The molecule has 9 nitrogen and oxygen atoms in total. The number of aryl methyl sites for hydroxylation is 1. The Morgan fingerprint density at radius 1 is 1.11 bits per heavy atom. The highest BCUT2D eigenvalue weighted by Gasteiger charge is 2.28. The number of ether oxygens (including phenoxy) is 2. The largest absolute Gasteiger partial charge is 0.493 e. The van der Waals surface area contributed by atoms with Gasteiger partial charge < -0.3 is 19.3 Å². The average Bonchev–Trinajstić information content (AvgIpc) is 3.29. The van der Waals surface area contributed by atoms with E-state index in [0.717, 1.165) is 16.8 Å². The minimum atomic E-state index is -2.20. The molecule has 0 N–H and O–H groups in total. The fraction of sp³-hybridized carbons (Fsp3) is 0.308. The molecule has 2 aromatic carbocycles. The van der Waals surface area contributed by atoms with E-state index in [0.29, 0.717) is 22.3 Å². The molecular formula is C26H28N6O3. The highest BCUT2D eigenvalue weighted by Crippen LogP contribution is 2.38. The molecule has 1 atom stereocenters. The van der Waals surface area contributed by atoms with Crippen LogP contribution in [0.25, 0.3) is 33.4 Å². The third-order valence-electron chi connectivity index (χ3n) is 6.11. The zero-order valence-corrected chi connectivity index (χ0v) is 19.8. The van der Waals surface area contributed by atoms with Crippen LogP contribution < -0.4 is 9.47 Å². The molecule has 3 heterocycles. The van der Waals surface area contributed by atoms with Gasteiger partial charge in [-0.3, -0.25) is 4.68 Å². The molecule has 35 heavy (non-hydrogen) atoms. The molecule has 1 aliphatic rings. The van der Waals surface area contributed by atoms with Gasteiger partial charge in [0.25, 0.3) is 0 Å². The molecule has 0 spiro atoms. The van der Waals surface area contributed by atoms with Gasteiger partial charge in [0, 0.05) is 65.6 Å². The number of likely N-dealkylation sites (N-methyl/N-ethyl adjacent to an activating group) is 1. The first kappa shape index (κ1) is 19.3. The van der Waals surface area contributed by atoms with Gasteiger partial charge in [0.15, 0.2) is 11.5 Å². The van der Waals surface area contributed by atoms with Gasteiger partial charge in [-0.1, -0.05) is 30.3 Å². The fourth-order valence-corrected chi connectivity index (χ4v) is 4.37. The molecule has 0 aliphatic carbocycles. The second kappa shape index (κ2) is 9.34. The summed E-state index contributed by atoms with van der Waals surface area (Å²) in [5, 5.41) is 5.33. The Bertz CT molecular complexity index is 1470. The number of carbonyl (C=O) groups is 1. The van der Waals surface area contributed by atoms with Crippen molar-refractivity contribution in [3.63, 3.8) is 0 Å². The number of nitrogens with zero attached hydrogens (tertiary/aromatic N) is 6. The molecular weight excluding hydrogens is 444 g/mol. The number of amides is 1. The maximum Gasteiger partial charge on any atom is 0.415 e. The molecule has 1 fully saturated rings. The molecule has 2 aromatic heterocycles. The quantitative estimate of drug-likeness (QED) is 0.443. The number of fused-ring (bicyclic) bond motifs is 1. The van der Waals surface area contributed by atoms with Crippen LogP contribution in [0.5, 0.6) is 11.5 Å². The summed E-state index contributed by atoms with van der Waals surface area (Å²) >= 11 is 0. The number of hydrogen-bond acceptors (Lipinski definition) is 7. The third-order valence-corrected chi connectivity index (χ3v) is 6.11. The Hall–Kier alpha value is -3.98. The van der Waals surface area contributed by atoms with E-state index >= 15 is 0 Å². The monoisotopic (exact) mass is 475 g/mol. The second-order valence-electron chi connectivity index (χ2n) is 8.53. The van der Waals surface area contributed by atoms with Crippen LogP contribution in [0, 0.1) is 0 Å². The third kappa shape index (κ3) is 4.42. The first-order valence-corrected chi connectivity index (χ1v) is 11.3. The number of carbonyl (C=O) groups excluding carboxylic acids is 1. The maximum atomic E-state index is 13.2. The van der Waals surface area contributed by atoms with Gasteiger partial charge in [-0.2, -0.15) is 5.10 Å². The van der Waals surface area contributed by atoms with Crippen molar-refractivity contribution >= 4 is 17.0 Å². The molecule has 0 bridgehead atoms. The SMILES string of the molecule is [2H]C([2H])([2H])N1CCN(C(=O)Oc2cc3c(-c4cn(C)nc4-c4ccccc4)ncnc3cc2OC)[C@@H](C)C1.